The van der Waals surface area contributed by atoms with Crippen LogP contribution < -0.4 is 21.3 Å². The molecule has 4 N–H and O–H groups in total. The Kier molecular flexibility index (Phi) is 8.59. The third-order valence-corrected chi connectivity index (χ3v) is 7.13. The van der Waals surface area contributed by atoms with E-state index in [4.69, 9.17) is 10.5 Å². The van der Waals surface area contributed by atoms with Gasteiger partial charge in [-0.25, -0.2) is 4.79 Å². The minimum Gasteiger partial charge on any atom is -0.446 e. The number of nitrogens with zero attached hydrogens (tertiary/aromatic N) is 3. The number of anilines is 1. The summed E-state index contributed by atoms with van der Waals surface area (Å²) < 4.78 is 5.02. The summed E-state index contributed by atoms with van der Waals surface area (Å²) in [6, 6.07) is 6.56. The lowest BCUT2D eigenvalue weighted by molar-refractivity contribution is -0.135. The van der Waals surface area contributed by atoms with Gasteiger partial charge in [0.05, 0.1) is 0 Å². The number of ether oxygens (including phenoxy) is 1. The molecule has 1 aromatic rings. The lowest BCUT2D eigenvalue weighted by Crippen LogP contribution is -2.52. The van der Waals surface area contributed by atoms with Crippen LogP contribution in [0.15, 0.2) is 24.3 Å². The molecule has 0 saturated carbocycles. The summed E-state index contributed by atoms with van der Waals surface area (Å²) in [5, 5.41) is 4.93. The summed E-state index contributed by atoms with van der Waals surface area (Å²) in [5.74, 6) is -1.02. The number of piperidine rings is 2. The molecular formula is C25H34N6O6. The van der Waals surface area contributed by atoms with Gasteiger partial charge in [-0.05, 0) is 30.7 Å². The molecular weight excluding hydrogens is 480 g/mol. The Morgan fingerprint density at radius 3 is 2.27 bits per heavy atom. The van der Waals surface area contributed by atoms with E-state index in [1.54, 1.807) is 12.1 Å². The molecule has 3 saturated heterocycles. The second-order valence-corrected chi connectivity index (χ2v) is 9.62. The molecule has 4 rings (SSSR count). The van der Waals surface area contributed by atoms with Gasteiger partial charge in [-0.2, -0.15) is 0 Å². The van der Waals surface area contributed by atoms with Crippen molar-refractivity contribution in [3.05, 3.63) is 29.8 Å². The van der Waals surface area contributed by atoms with E-state index >= 15 is 0 Å². The van der Waals surface area contributed by atoms with Crippen LogP contribution in [0.25, 0.3) is 0 Å². The number of nitrogens with one attached hydrogen (secondary N) is 2. The van der Waals surface area contributed by atoms with E-state index in [1.165, 1.54) is 0 Å². The Hall–Kier alpha value is -3.67. The van der Waals surface area contributed by atoms with E-state index in [2.05, 4.69) is 20.4 Å². The third kappa shape index (κ3) is 7.19. The van der Waals surface area contributed by atoms with E-state index in [9.17, 15) is 24.0 Å². The van der Waals surface area contributed by atoms with Gasteiger partial charge in [0.15, 0.2) is 0 Å². The van der Waals surface area contributed by atoms with Crippen LogP contribution in [0.1, 0.15) is 42.5 Å². The summed E-state index contributed by atoms with van der Waals surface area (Å²) in [5.41, 5.74) is 6.53. The molecule has 0 spiro atoms. The third-order valence-electron chi connectivity index (χ3n) is 7.13. The second kappa shape index (κ2) is 12.0. The Labute approximate surface area is 215 Å². The van der Waals surface area contributed by atoms with E-state index in [-0.39, 0.29) is 30.2 Å². The van der Waals surface area contributed by atoms with Crippen molar-refractivity contribution in [1.82, 2.24) is 20.4 Å². The standard InChI is InChI=1S/C25H34N6O6/c26-25(36)37-19-7-11-31(12-8-19)22(33)9-10-29-13-15-30(16-14-29)18-3-1-17(2-4-18)23(34)27-20-5-6-21(32)28-24(20)35/h1-4,19-20H,5-16H2,(H2,26,36)(H,27,34)(H,28,32,35). The quantitative estimate of drug-likeness (QED) is 0.424. The van der Waals surface area contributed by atoms with Crippen molar-refractivity contribution in [2.75, 3.05) is 50.7 Å². The molecule has 3 aliphatic rings. The Balaban J connectivity index is 1.17. The van der Waals surface area contributed by atoms with Gasteiger partial charge in [-0.15, -0.1) is 0 Å². The minimum atomic E-state index is -0.768. The maximum Gasteiger partial charge on any atom is 0.404 e. The number of imide groups is 1. The smallest absolute Gasteiger partial charge is 0.404 e. The van der Waals surface area contributed by atoms with Gasteiger partial charge in [0, 0.05) is 82.7 Å². The summed E-state index contributed by atoms with van der Waals surface area (Å²) >= 11 is 0. The Morgan fingerprint density at radius 1 is 0.973 bits per heavy atom. The molecule has 3 heterocycles. The lowest BCUT2D eigenvalue weighted by atomic mass is 10.1. The number of nitrogens with two attached hydrogens (primary N) is 1. The molecule has 3 aliphatic heterocycles. The van der Waals surface area contributed by atoms with Crippen molar-refractivity contribution in [1.29, 1.82) is 0 Å². The van der Waals surface area contributed by atoms with E-state index in [0.717, 1.165) is 31.9 Å². The fourth-order valence-electron chi connectivity index (χ4n) is 4.93. The average molecular weight is 515 g/mol. The number of piperazine rings is 1. The molecule has 12 heteroatoms. The number of amides is 5. The van der Waals surface area contributed by atoms with E-state index in [1.807, 2.05) is 17.0 Å². The van der Waals surface area contributed by atoms with Gasteiger partial charge in [-0.3, -0.25) is 29.4 Å². The first kappa shape index (κ1) is 26.4. The lowest BCUT2D eigenvalue weighted by Gasteiger charge is -2.36. The molecule has 37 heavy (non-hydrogen) atoms. The monoisotopic (exact) mass is 514 g/mol. The molecule has 0 aromatic heterocycles. The number of rotatable bonds is 7. The maximum atomic E-state index is 12.6. The van der Waals surface area contributed by atoms with E-state index < -0.39 is 18.0 Å². The fourth-order valence-corrected chi connectivity index (χ4v) is 4.93. The Bertz CT molecular complexity index is 1020. The minimum absolute atomic E-state index is 0.117. The number of likely N-dealkylation sites (tertiary alicyclic amines) is 1. The van der Waals surface area contributed by atoms with Crippen LogP contribution >= 0.6 is 0 Å². The predicted octanol–water partition coefficient (Wildman–Crippen LogP) is -0.180. The molecule has 1 atom stereocenters. The maximum absolute atomic E-state index is 12.6. The highest BCUT2D eigenvalue weighted by atomic mass is 16.6. The zero-order valence-corrected chi connectivity index (χ0v) is 20.8. The van der Waals surface area contributed by atoms with Gasteiger partial charge < -0.3 is 25.6 Å². The van der Waals surface area contributed by atoms with Crippen molar-refractivity contribution in [3.8, 4) is 0 Å². The largest absolute Gasteiger partial charge is 0.446 e. The highest BCUT2D eigenvalue weighted by molar-refractivity contribution is 6.03. The molecule has 200 valence electrons. The molecule has 0 aliphatic carbocycles. The van der Waals surface area contributed by atoms with Crippen molar-refractivity contribution in [2.24, 2.45) is 5.73 Å². The fraction of sp³-hybridized carbons (Fsp3) is 0.560. The number of carbonyl (C=O) groups excluding carboxylic acids is 5. The summed E-state index contributed by atoms with van der Waals surface area (Å²) in [6.45, 7) is 5.14. The number of benzene rings is 1. The highest BCUT2D eigenvalue weighted by Crippen LogP contribution is 2.19. The number of hydrogen-bond acceptors (Lipinski definition) is 8. The number of hydrogen-bond donors (Lipinski definition) is 3. The number of primary amides is 1. The molecule has 1 unspecified atom stereocenters. The predicted molar refractivity (Wildman–Crippen MR) is 134 cm³/mol. The molecule has 12 nitrogen and oxygen atoms in total. The van der Waals surface area contributed by atoms with Crippen molar-refractivity contribution in [3.63, 3.8) is 0 Å². The van der Waals surface area contributed by atoms with Gasteiger partial charge in [-0.1, -0.05) is 0 Å². The van der Waals surface area contributed by atoms with E-state index in [0.29, 0.717) is 50.9 Å². The van der Waals surface area contributed by atoms with Crippen molar-refractivity contribution >= 4 is 35.4 Å². The van der Waals surface area contributed by atoms with Crippen LogP contribution in [0.2, 0.25) is 0 Å². The Morgan fingerprint density at radius 2 is 1.65 bits per heavy atom. The zero-order valence-electron chi connectivity index (χ0n) is 20.8. The average Bonchev–Trinajstić information content (AvgIpc) is 2.89. The number of carbonyl (C=O) groups is 5. The zero-order chi connectivity index (χ0) is 26.4. The molecule has 5 amide bonds. The van der Waals surface area contributed by atoms with Gasteiger partial charge >= 0.3 is 6.09 Å². The summed E-state index contributed by atoms with van der Waals surface area (Å²) in [6.07, 6.45) is 1.23. The molecule has 3 fully saturated rings. The SMILES string of the molecule is NC(=O)OC1CCN(C(=O)CCN2CCN(c3ccc(C(=O)NC4CCC(=O)NC4=O)cc3)CC2)CC1. The first-order valence-electron chi connectivity index (χ1n) is 12.7. The first-order chi connectivity index (χ1) is 17.8. The summed E-state index contributed by atoms with van der Waals surface area (Å²) in [4.78, 5) is 65.5. The molecule has 1 aromatic carbocycles. The van der Waals surface area contributed by atoms with Crippen LogP contribution in [-0.2, 0) is 19.1 Å². The topological polar surface area (TPSA) is 154 Å². The first-order valence-corrected chi connectivity index (χ1v) is 12.7. The van der Waals surface area contributed by atoms with Crippen LogP contribution in [0, 0.1) is 0 Å². The van der Waals surface area contributed by atoms with Crippen LogP contribution in [0.5, 0.6) is 0 Å². The second-order valence-electron chi connectivity index (χ2n) is 9.62. The van der Waals surface area contributed by atoms with Crippen LogP contribution in [0.4, 0.5) is 10.5 Å². The van der Waals surface area contributed by atoms with Crippen LogP contribution in [0.3, 0.4) is 0 Å². The highest BCUT2D eigenvalue weighted by Gasteiger charge is 2.28. The van der Waals surface area contributed by atoms with Gasteiger partial charge in [0.1, 0.15) is 12.1 Å². The normalized spacial score (nSPS) is 21.4. The summed E-state index contributed by atoms with van der Waals surface area (Å²) in [7, 11) is 0. The van der Waals surface area contributed by atoms with Gasteiger partial charge in [0.25, 0.3) is 5.91 Å². The van der Waals surface area contributed by atoms with Crippen molar-refractivity contribution in [2.45, 2.75) is 44.2 Å². The van der Waals surface area contributed by atoms with Crippen molar-refractivity contribution < 1.29 is 28.7 Å². The van der Waals surface area contributed by atoms with Gasteiger partial charge in [0.2, 0.25) is 17.7 Å². The van der Waals surface area contributed by atoms with Crippen LogP contribution in [-0.4, -0.2) is 97.5 Å². The molecule has 0 bridgehead atoms. The molecule has 0 radical (unpaired) electrons.